The third-order valence-electron chi connectivity index (χ3n) is 5.37. The van der Waals surface area contributed by atoms with E-state index >= 15 is 0 Å². The van der Waals surface area contributed by atoms with Crippen LogP contribution in [0.4, 0.5) is 0 Å². The number of Topliss-reactive ketones (excluding diaryl/α,β-unsaturated/α-hetero) is 1. The average molecular weight is 358 g/mol. The second-order valence-corrected chi connectivity index (χ2v) is 7.03. The number of hydrogen-bond acceptors (Lipinski definition) is 5. The molecule has 0 atom stereocenters. The van der Waals surface area contributed by atoms with Gasteiger partial charge in [0.05, 0.1) is 5.41 Å². The Bertz CT molecular complexity index is 996. The minimum atomic E-state index is -0.398. The summed E-state index contributed by atoms with van der Waals surface area (Å²) in [6.07, 6.45) is 7.44. The summed E-state index contributed by atoms with van der Waals surface area (Å²) < 4.78 is 10.8. The predicted octanol–water partition coefficient (Wildman–Crippen LogP) is 3.72. The molecule has 1 saturated carbocycles. The minimum Gasteiger partial charge on any atom is -0.454 e. The Labute approximate surface area is 157 Å². The second kappa shape index (κ2) is 6.20. The number of carbonyl (C=O) groups is 1. The van der Waals surface area contributed by atoms with Gasteiger partial charge in [-0.2, -0.15) is 0 Å². The highest BCUT2D eigenvalue weighted by molar-refractivity contribution is 5.94. The molecule has 5 nitrogen and oxygen atoms in total. The topological polar surface area (TPSA) is 61.3 Å². The number of aromatic nitrogens is 2. The van der Waals surface area contributed by atoms with Crippen LogP contribution in [0.2, 0.25) is 0 Å². The SMILES string of the molecule is O=C(Cc1ccc(-c2cccnc2)cn1)C1(c2ccc3c(c2)OCO3)CC1. The van der Waals surface area contributed by atoms with Crippen LogP contribution in [0.5, 0.6) is 11.5 Å². The van der Waals surface area contributed by atoms with E-state index in [2.05, 4.69) is 9.97 Å². The Balaban J connectivity index is 1.34. The van der Waals surface area contributed by atoms with Crippen LogP contribution < -0.4 is 9.47 Å². The van der Waals surface area contributed by atoms with Crippen molar-refractivity contribution < 1.29 is 14.3 Å². The fourth-order valence-corrected chi connectivity index (χ4v) is 3.61. The van der Waals surface area contributed by atoms with E-state index in [1.165, 1.54) is 0 Å². The van der Waals surface area contributed by atoms with Crippen LogP contribution >= 0.6 is 0 Å². The van der Waals surface area contributed by atoms with Crippen molar-refractivity contribution in [1.29, 1.82) is 0 Å². The van der Waals surface area contributed by atoms with Gasteiger partial charge >= 0.3 is 0 Å². The van der Waals surface area contributed by atoms with Gasteiger partial charge in [0.2, 0.25) is 6.79 Å². The molecule has 27 heavy (non-hydrogen) atoms. The van der Waals surface area contributed by atoms with Crippen molar-refractivity contribution in [3.05, 3.63) is 72.3 Å². The van der Waals surface area contributed by atoms with Crippen LogP contribution in [-0.4, -0.2) is 22.5 Å². The summed E-state index contributed by atoms with van der Waals surface area (Å²) in [5.41, 5.74) is 3.42. The number of nitrogens with zero attached hydrogens (tertiary/aromatic N) is 2. The normalized spacial score (nSPS) is 16.1. The number of hydrogen-bond donors (Lipinski definition) is 0. The minimum absolute atomic E-state index is 0.211. The zero-order valence-corrected chi connectivity index (χ0v) is 14.7. The lowest BCUT2D eigenvalue weighted by atomic mass is 9.88. The summed E-state index contributed by atoms with van der Waals surface area (Å²) in [6, 6.07) is 13.6. The molecule has 0 bridgehead atoms. The van der Waals surface area contributed by atoms with Crippen LogP contribution in [-0.2, 0) is 16.6 Å². The zero-order chi connectivity index (χ0) is 18.3. The summed E-state index contributed by atoms with van der Waals surface area (Å²) in [5, 5.41) is 0. The number of ether oxygens (including phenoxy) is 2. The molecule has 5 heteroatoms. The molecular formula is C22H18N2O3. The van der Waals surface area contributed by atoms with E-state index in [1.807, 2.05) is 42.5 Å². The smallest absolute Gasteiger partial charge is 0.231 e. The molecule has 1 aliphatic carbocycles. The Morgan fingerprint density at radius 3 is 2.59 bits per heavy atom. The summed E-state index contributed by atoms with van der Waals surface area (Å²) in [4.78, 5) is 21.7. The molecule has 134 valence electrons. The maximum absolute atomic E-state index is 13.0. The van der Waals surface area contributed by atoms with Crippen molar-refractivity contribution in [2.45, 2.75) is 24.7 Å². The maximum atomic E-state index is 13.0. The van der Waals surface area contributed by atoms with Crippen molar-refractivity contribution in [1.82, 2.24) is 9.97 Å². The number of pyridine rings is 2. The highest BCUT2D eigenvalue weighted by atomic mass is 16.7. The molecule has 0 N–H and O–H groups in total. The van der Waals surface area contributed by atoms with Crippen molar-refractivity contribution in [2.24, 2.45) is 0 Å². The largest absolute Gasteiger partial charge is 0.454 e. The first-order chi connectivity index (χ1) is 13.2. The Kier molecular flexibility index (Phi) is 3.67. The van der Waals surface area contributed by atoms with Gasteiger partial charge in [-0.1, -0.05) is 18.2 Å². The van der Waals surface area contributed by atoms with Crippen LogP contribution in [0.15, 0.2) is 61.1 Å². The predicted molar refractivity (Wildman–Crippen MR) is 99.7 cm³/mol. The summed E-state index contributed by atoms with van der Waals surface area (Å²) >= 11 is 0. The standard InChI is InChI=1S/C22H18N2O3/c25-21(11-18-5-3-16(13-24-18)15-2-1-9-23-12-15)22(7-8-22)17-4-6-19-20(10-17)27-14-26-19/h1-6,9-10,12-13H,7-8,11,14H2. The van der Waals surface area contributed by atoms with Crippen molar-refractivity contribution >= 4 is 5.78 Å². The number of ketones is 1. The van der Waals surface area contributed by atoms with Crippen molar-refractivity contribution in [3.8, 4) is 22.6 Å². The average Bonchev–Trinajstić information content (AvgIpc) is 3.40. The fraction of sp³-hybridized carbons (Fsp3) is 0.227. The summed E-state index contributed by atoms with van der Waals surface area (Å²) in [6.45, 7) is 0.243. The third-order valence-corrected chi connectivity index (χ3v) is 5.37. The van der Waals surface area contributed by atoms with Gasteiger partial charge in [-0.3, -0.25) is 14.8 Å². The van der Waals surface area contributed by atoms with Gasteiger partial charge in [-0.15, -0.1) is 0 Å². The Hall–Kier alpha value is -3.21. The maximum Gasteiger partial charge on any atom is 0.231 e. The van der Waals surface area contributed by atoms with Gasteiger partial charge in [0.25, 0.3) is 0 Å². The van der Waals surface area contributed by atoms with Gasteiger partial charge in [-0.25, -0.2) is 0 Å². The number of benzene rings is 1. The monoisotopic (exact) mass is 358 g/mol. The van der Waals surface area contributed by atoms with Crippen molar-refractivity contribution in [2.75, 3.05) is 6.79 Å². The molecule has 2 aromatic heterocycles. The summed E-state index contributed by atoms with van der Waals surface area (Å²) in [5.74, 6) is 1.68. The van der Waals surface area contributed by atoms with E-state index < -0.39 is 5.41 Å². The van der Waals surface area contributed by atoms with Gasteiger partial charge in [0, 0.05) is 41.8 Å². The van der Waals surface area contributed by atoms with Crippen LogP contribution in [0, 0.1) is 0 Å². The number of carbonyl (C=O) groups excluding carboxylic acids is 1. The molecule has 3 aromatic rings. The lowest BCUT2D eigenvalue weighted by molar-refractivity contribution is -0.120. The third kappa shape index (κ3) is 2.85. The van der Waals surface area contributed by atoms with Gasteiger partial charge < -0.3 is 9.47 Å². The highest BCUT2D eigenvalue weighted by Gasteiger charge is 2.50. The lowest BCUT2D eigenvalue weighted by Crippen LogP contribution is -2.22. The molecule has 0 amide bonds. The first-order valence-electron chi connectivity index (χ1n) is 9.03. The zero-order valence-electron chi connectivity index (χ0n) is 14.7. The van der Waals surface area contributed by atoms with E-state index in [1.54, 1.807) is 18.6 Å². The fourth-order valence-electron chi connectivity index (χ4n) is 3.61. The molecule has 1 fully saturated rings. The molecule has 1 aromatic carbocycles. The van der Waals surface area contributed by atoms with Crippen LogP contribution in [0.3, 0.4) is 0 Å². The van der Waals surface area contributed by atoms with Crippen LogP contribution in [0.25, 0.3) is 11.1 Å². The first kappa shape index (κ1) is 16.0. The van der Waals surface area contributed by atoms with Crippen molar-refractivity contribution in [3.63, 3.8) is 0 Å². The van der Waals surface area contributed by atoms with Gasteiger partial charge in [0.15, 0.2) is 11.5 Å². The molecule has 0 unspecified atom stereocenters. The van der Waals surface area contributed by atoms with E-state index in [9.17, 15) is 4.79 Å². The molecule has 1 aliphatic heterocycles. The second-order valence-electron chi connectivity index (χ2n) is 7.03. The molecule has 0 radical (unpaired) electrons. The quantitative estimate of drug-likeness (QED) is 0.696. The highest BCUT2D eigenvalue weighted by Crippen LogP contribution is 2.51. The van der Waals surface area contributed by atoms with Gasteiger partial charge in [-0.05, 0) is 42.7 Å². The Morgan fingerprint density at radius 2 is 1.85 bits per heavy atom. The summed E-state index contributed by atoms with van der Waals surface area (Å²) in [7, 11) is 0. The Morgan fingerprint density at radius 1 is 1.00 bits per heavy atom. The molecule has 3 heterocycles. The molecule has 2 aliphatic rings. The molecule has 5 rings (SSSR count). The van der Waals surface area contributed by atoms with E-state index in [4.69, 9.17) is 9.47 Å². The number of rotatable bonds is 5. The molecule has 0 saturated heterocycles. The lowest BCUT2D eigenvalue weighted by Gasteiger charge is -2.15. The van der Waals surface area contributed by atoms with Crippen LogP contribution in [0.1, 0.15) is 24.1 Å². The van der Waals surface area contributed by atoms with Gasteiger partial charge in [0.1, 0.15) is 5.78 Å². The van der Waals surface area contributed by atoms with E-state index in [0.29, 0.717) is 6.42 Å². The molecular weight excluding hydrogens is 340 g/mol. The molecule has 0 spiro atoms. The first-order valence-corrected chi connectivity index (χ1v) is 9.03. The van der Waals surface area contributed by atoms with E-state index in [-0.39, 0.29) is 12.6 Å². The number of fused-ring (bicyclic) bond motifs is 1. The van der Waals surface area contributed by atoms with E-state index in [0.717, 1.165) is 46.7 Å².